The summed E-state index contributed by atoms with van der Waals surface area (Å²) >= 11 is 12.1. The summed E-state index contributed by atoms with van der Waals surface area (Å²) in [5.74, 6) is -0.253. The molecule has 182 valence electrons. The monoisotopic (exact) mass is 504 g/mol. The van der Waals surface area contributed by atoms with E-state index in [-0.39, 0.29) is 17.9 Å². The Morgan fingerprint density at radius 2 is 1.68 bits per heavy atom. The molecule has 2 aliphatic heterocycles. The molecular weight excluding hydrogens is 475 g/mol. The average Bonchev–Trinajstić information content (AvgIpc) is 2.85. The number of hydrogen-bond acceptors (Lipinski definition) is 5. The maximum Gasteiger partial charge on any atom is 0.253 e. The number of hydrogen-bond donors (Lipinski definition) is 2. The lowest BCUT2D eigenvalue weighted by molar-refractivity contribution is 0.0383. The van der Waals surface area contributed by atoms with Gasteiger partial charge in [0.1, 0.15) is 0 Å². The molecule has 0 spiro atoms. The largest absolute Gasteiger partial charge is 0.379 e. The molecule has 0 atom stereocenters. The summed E-state index contributed by atoms with van der Waals surface area (Å²) < 4.78 is 5.37. The zero-order valence-electron chi connectivity index (χ0n) is 19.1. The maximum atomic E-state index is 12.9. The molecule has 2 heterocycles. The van der Waals surface area contributed by atoms with Crippen molar-refractivity contribution in [2.24, 2.45) is 0 Å². The summed E-state index contributed by atoms with van der Waals surface area (Å²) in [5.41, 5.74) is 2.03. The highest BCUT2D eigenvalue weighted by molar-refractivity contribution is 6.36. The molecule has 0 aromatic heterocycles. The van der Waals surface area contributed by atoms with Gasteiger partial charge in [-0.1, -0.05) is 35.3 Å². The van der Waals surface area contributed by atoms with E-state index in [0.29, 0.717) is 27.7 Å². The Kier molecular flexibility index (Phi) is 8.67. The van der Waals surface area contributed by atoms with Crippen LogP contribution >= 0.6 is 23.2 Å². The van der Waals surface area contributed by atoms with Crippen molar-refractivity contribution in [2.45, 2.75) is 18.9 Å². The van der Waals surface area contributed by atoms with Gasteiger partial charge < -0.3 is 20.3 Å². The van der Waals surface area contributed by atoms with Crippen LogP contribution in [-0.2, 0) is 4.74 Å². The molecule has 0 aliphatic carbocycles. The fraction of sp³-hybridized carbons (Fsp3) is 0.440. The van der Waals surface area contributed by atoms with Crippen molar-refractivity contribution in [3.8, 4) is 0 Å². The van der Waals surface area contributed by atoms with E-state index in [4.69, 9.17) is 27.9 Å². The van der Waals surface area contributed by atoms with Crippen molar-refractivity contribution in [1.82, 2.24) is 15.5 Å². The molecule has 9 heteroatoms. The third-order valence-electron chi connectivity index (χ3n) is 6.31. The Morgan fingerprint density at radius 3 is 2.41 bits per heavy atom. The second-order valence-electron chi connectivity index (χ2n) is 8.59. The molecule has 2 fully saturated rings. The first-order valence-electron chi connectivity index (χ1n) is 11.7. The average molecular weight is 505 g/mol. The van der Waals surface area contributed by atoms with E-state index < -0.39 is 0 Å². The van der Waals surface area contributed by atoms with Crippen LogP contribution in [0, 0.1) is 0 Å². The number of ether oxygens (including phenoxy) is 1. The Morgan fingerprint density at radius 1 is 0.941 bits per heavy atom. The van der Waals surface area contributed by atoms with Gasteiger partial charge >= 0.3 is 0 Å². The quantitative estimate of drug-likeness (QED) is 0.603. The zero-order valence-corrected chi connectivity index (χ0v) is 20.6. The van der Waals surface area contributed by atoms with Crippen LogP contribution in [0.2, 0.25) is 10.0 Å². The zero-order chi connectivity index (χ0) is 23.9. The second kappa shape index (κ2) is 11.9. The molecule has 2 aromatic carbocycles. The molecule has 2 saturated heterocycles. The van der Waals surface area contributed by atoms with Crippen molar-refractivity contribution in [3.05, 3.63) is 63.6 Å². The van der Waals surface area contributed by atoms with E-state index in [1.165, 1.54) is 0 Å². The summed E-state index contributed by atoms with van der Waals surface area (Å²) in [6.45, 7) is 6.23. The molecule has 0 saturated carbocycles. The molecular formula is C25H30Cl2N4O3. The molecule has 0 unspecified atom stereocenters. The molecule has 7 nitrogen and oxygen atoms in total. The number of benzene rings is 2. The van der Waals surface area contributed by atoms with Gasteiger partial charge in [0.15, 0.2) is 0 Å². The molecule has 4 rings (SSSR count). The molecule has 2 N–H and O–H groups in total. The van der Waals surface area contributed by atoms with Gasteiger partial charge in [-0.25, -0.2) is 0 Å². The molecule has 2 aromatic rings. The highest BCUT2D eigenvalue weighted by Crippen LogP contribution is 2.25. The molecule has 0 bridgehead atoms. The summed E-state index contributed by atoms with van der Waals surface area (Å²) in [7, 11) is 0. The summed E-state index contributed by atoms with van der Waals surface area (Å²) in [6.07, 6.45) is 1.56. The first-order chi connectivity index (χ1) is 16.5. The Hall–Kier alpha value is -2.32. The molecule has 0 radical (unpaired) electrons. The van der Waals surface area contributed by atoms with Gasteiger partial charge in [-0.05, 0) is 43.2 Å². The number of nitrogens with zero attached hydrogens (tertiary/aromatic N) is 2. The summed E-state index contributed by atoms with van der Waals surface area (Å²) in [4.78, 5) is 30.1. The number of rotatable bonds is 7. The van der Waals surface area contributed by atoms with E-state index in [2.05, 4.69) is 20.4 Å². The fourth-order valence-electron chi connectivity index (χ4n) is 4.39. The van der Waals surface area contributed by atoms with E-state index in [0.717, 1.165) is 64.5 Å². The van der Waals surface area contributed by atoms with Gasteiger partial charge in [-0.3, -0.25) is 14.5 Å². The third kappa shape index (κ3) is 6.42. The topological polar surface area (TPSA) is 73.9 Å². The van der Waals surface area contributed by atoms with Gasteiger partial charge in [0.25, 0.3) is 11.8 Å². The minimum atomic E-state index is -0.194. The number of piperidine rings is 1. The number of nitrogens with one attached hydrogen (secondary N) is 2. The summed E-state index contributed by atoms with van der Waals surface area (Å²) in [5, 5.41) is 6.98. The number of para-hydroxylation sites is 1. The molecule has 2 amide bonds. The summed E-state index contributed by atoms with van der Waals surface area (Å²) in [6, 6.07) is 12.6. The standard InChI is InChI=1S/C25H30Cl2N4O3/c26-18-5-6-20(22(27)17-18)25(33)29-19-7-10-31(11-8-19)23-4-2-1-3-21(23)24(32)28-9-12-30-13-15-34-16-14-30/h1-6,17,19H,7-16H2,(H,28,32)(H,29,33). The van der Waals surface area contributed by atoms with Crippen molar-refractivity contribution in [1.29, 1.82) is 0 Å². The predicted molar refractivity (Wildman–Crippen MR) is 135 cm³/mol. The lowest BCUT2D eigenvalue weighted by atomic mass is 10.0. The van der Waals surface area contributed by atoms with Gasteiger partial charge in [-0.2, -0.15) is 0 Å². The Balaban J connectivity index is 1.30. The van der Waals surface area contributed by atoms with Crippen LogP contribution in [0.15, 0.2) is 42.5 Å². The highest BCUT2D eigenvalue weighted by Gasteiger charge is 2.24. The van der Waals surface area contributed by atoms with E-state index in [1.54, 1.807) is 18.2 Å². The van der Waals surface area contributed by atoms with Crippen LogP contribution in [0.1, 0.15) is 33.6 Å². The van der Waals surface area contributed by atoms with Crippen LogP contribution in [0.4, 0.5) is 5.69 Å². The van der Waals surface area contributed by atoms with E-state index in [9.17, 15) is 9.59 Å². The lowest BCUT2D eigenvalue weighted by Gasteiger charge is -2.35. The van der Waals surface area contributed by atoms with E-state index in [1.807, 2.05) is 24.3 Å². The SMILES string of the molecule is O=C(NC1CCN(c2ccccc2C(=O)NCCN2CCOCC2)CC1)c1ccc(Cl)cc1Cl. The van der Waals surface area contributed by atoms with E-state index >= 15 is 0 Å². The minimum Gasteiger partial charge on any atom is -0.379 e. The number of carbonyl (C=O) groups excluding carboxylic acids is 2. The number of carbonyl (C=O) groups is 2. The minimum absolute atomic E-state index is 0.0463. The van der Waals surface area contributed by atoms with Gasteiger partial charge in [0.2, 0.25) is 0 Å². The normalized spacial score (nSPS) is 17.4. The number of anilines is 1. The Bertz CT molecular complexity index is 1010. The maximum absolute atomic E-state index is 12.9. The third-order valence-corrected chi connectivity index (χ3v) is 6.86. The molecule has 34 heavy (non-hydrogen) atoms. The second-order valence-corrected chi connectivity index (χ2v) is 9.43. The lowest BCUT2D eigenvalue weighted by Crippen LogP contribution is -2.45. The highest BCUT2D eigenvalue weighted by atomic mass is 35.5. The van der Waals surface area contributed by atoms with Crippen molar-refractivity contribution in [2.75, 3.05) is 57.4 Å². The van der Waals surface area contributed by atoms with Crippen LogP contribution in [-0.4, -0.2) is 75.2 Å². The van der Waals surface area contributed by atoms with Crippen LogP contribution < -0.4 is 15.5 Å². The smallest absolute Gasteiger partial charge is 0.253 e. The predicted octanol–water partition coefficient (Wildman–Crippen LogP) is 3.45. The van der Waals surface area contributed by atoms with Crippen LogP contribution in [0.3, 0.4) is 0 Å². The number of morpholine rings is 1. The number of halogens is 2. The van der Waals surface area contributed by atoms with Crippen molar-refractivity contribution in [3.63, 3.8) is 0 Å². The van der Waals surface area contributed by atoms with Gasteiger partial charge in [-0.15, -0.1) is 0 Å². The van der Waals surface area contributed by atoms with Crippen molar-refractivity contribution < 1.29 is 14.3 Å². The number of amides is 2. The molecule has 2 aliphatic rings. The Labute approximate surface area is 210 Å². The first kappa shape index (κ1) is 24.8. The van der Waals surface area contributed by atoms with Crippen molar-refractivity contribution >= 4 is 40.7 Å². The first-order valence-corrected chi connectivity index (χ1v) is 12.4. The van der Waals surface area contributed by atoms with Crippen LogP contribution in [0.5, 0.6) is 0 Å². The van der Waals surface area contributed by atoms with Crippen LogP contribution in [0.25, 0.3) is 0 Å². The van der Waals surface area contributed by atoms with Gasteiger partial charge in [0.05, 0.1) is 29.4 Å². The van der Waals surface area contributed by atoms with Gasteiger partial charge in [0, 0.05) is 56.0 Å². The fourth-order valence-corrected chi connectivity index (χ4v) is 4.88.